The molecule has 9 heteroatoms. The van der Waals surface area contributed by atoms with Crippen LogP contribution < -0.4 is 10.6 Å². The number of H-pyrrole nitrogens is 1. The van der Waals surface area contributed by atoms with Crippen LogP contribution in [0.5, 0.6) is 0 Å². The summed E-state index contributed by atoms with van der Waals surface area (Å²) in [6, 6.07) is 4.70. The number of aromatic amines is 1. The smallest absolute Gasteiger partial charge is 0.214 e. The molecule has 1 aromatic heterocycles. The molecule has 0 spiro atoms. The number of fused-ring (bicyclic) bond motifs is 1. The van der Waals surface area contributed by atoms with E-state index in [0.717, 1.165) is 16.5 Å². The number of benzene rings is 1. The maximum atomic E-state index is 13.4. The fraction of sp³-hybridized carbons (Fsp3) is 0.471. The fourth-order valence-electron chi connectivity index (χ4n) is 3.14. The summed E-state index contributed by atoms with van der Waals surface area (Å²) in [5.74, 6) is 0.610. The Balaban J connectivity index is 1.46. The van der Waals surface area contributed by atoms with E-state index in [2.05, 4.69) is 20.6 Å². The Hall–Kier alpha value is -2.13. The van der Waals surface area contributed by atoms with Gasteiger partial charge in [-0.3, -0.25) is 4.99 Å². The van der Waals surface area contributed by atoms with Crippen molar-refractivity contribution < 1.29 is 12.8 Å². The van der Waals surface area contributed by atoms with Crippen LogP contribution in [0.1, 0.15) is 12.0 Å². The predicted molar refractivity (Wildman–Crippen MR) is 101 cm³/mol. The molecule has 3 rings (SSSR count). The van der Waals surface area contributed by atoms with E-state index in [-0.39, 0.29) is 11.6 Å². The Morgan fingerprint density at radius 1 is 1.35 bits per heavy atom. The van der Waals surface area contributed by atoms with Crippen LogP contribution in [0.15, 0.2) is 29.4 Å². The summed E-state index contributed by atoms with van der Waals surface area (Å²) in [5, 5.41) is 7.21. The minimum Gasteiger partial charge on any atom is -0.361 e. The highest BCUT2D eigenvalue weighted by Crippen LogP contribution is 2.19. The van der Waals surface area contributed by atoms with E-state index in [1.807, 2.05) is 6.20 Å². The highest BCUT2D eigenvalue weighted by atomic mass is 32.2. The topological polar surface area (TPSA) is 89.6 Å². The Kier molecular flexibility index (Phi) is 5.77. The lowest BCUT2D eigenvalue weighted by atomic mass is 10.1. The maximum absolute atomic E-state index is 13.4. The number of aliphatic imine (C=N–C) groups is 1. The molecule has 3 N–H and O–H groups in total. The Bertz CT molecular complexity index is 894. The lowest BCUT2D eigenvalue weighted by Crippen LogP contribution is -2.42. The number of nitrogens with zero attached hydrogens (tertiary/aromatic N) is 2. The molecular formula is C17H24FN5O2S. The third-order valence-corrected chi connectivity index (χ3v) is 6.45. The van der Waals surface area contributed by atoms with Gasteiger partial charge in [-0.15, -0.1) is 0 Å². The summed E-state index contributed by atoms with van der Waals surface area (Å²) in [4.78, 5) is 7.28. The van der Waals surface area contributed by atoms with Crippen molar-refractivity contribution in [3.8, 4) is 0 Å². The summed E-state index contributed by atoms with van der Waals surface area (Å²) in [6.45, 7) is 2.15. The number of nitrogens with one attached hydrogen (secondary N) is 3. The summed E-state index contributed by atoms with van der Waals surface area (Å²) < 4.78 is 38.5. The molecule has 0 amide bonds. The molecule has 1 aliphatic rings. The number of hydrogen-bond donors (Lipinski definition) is 3. The molecule has 1 aliphatic heterocycles. The predicted octanol–water partition coefficient (Wildman–Crippen LogP) is 1.05. The average molecular weight is 381 g/mol. The molecule has 0 bridgehead atoms. The minimum absolute atomic E-state index is 0.241. The van der Waals surface area contributed by atoms with Crippen LogP contribution in [-0.2, 0) is 16.4 Å². The van der Waals surface area contributed by atoms with Gasteiger partial charge in [0.25, 0.3) is 0 Å². The third kappa shape index (κ3) is 4.34. The van der Waals surface area contributed by atoms with Crippen molar-refractivity contribution in [3.63, 3.8) is 0 Å². The molecular weight excluding hydrogens is 357 g/mol. The largest absolute Gasteiger partial charge is 0.361 e. The first-order valence-electron chi connectivity index (χ1n) is 8.67. The van der Waals surface area contributed by atoms with Crippen molar-refractivity contribution in [1.82, 2.24) is 19.9 Å². The highest BCUT2D eigenvalue weighted by Gasteiger charge is 2.27. The van der Waals surface area contributed by atoms with Crippen molar-refractivity contribution in [2.45, 2.75) is 12.8 Å². The SMILES string of the molecule is CN=C(NCCc1c[nH]c2ccc(F)cc12)NCCN1CCCS1(=O)=O. The van der Waals surface area contributed by atoms with Gasteiger partial charge in [-0.2, -0.15) is 0 Å². The monoisotopic (exact) mass is 381 g/mol. The van der Waals surface area contributed by atoms with Gasteiger partial charge in [0.1, 0.15) is 5.82 Å². The molecule has 1 fully saturated rings. The van der Waals surface area contributed by atoms with E-state index >= 15 is 0 Å². The third-order valence-electron chi connectivity index (χ3n) is 4.50. The number of hydrogen-bond acceptors (Lipinski definition) is 3. The van der Waals surface area contributed by atoms with Crippen molar-refractivity contribution in [3.05, 3.63) is 35.8 Å². The second-order valence-corrected chi connectivity index (χ2v) is 8.34. The van der Waals surface area contributed by atoms with Crippen LogP contribution >= 0.6 is 0 Å². The molecule has 142 valence electrons. The van der Waals surface area contributed by atoms with Gasteiger partial charge in [-0.1, -0.05) is 0 Å². The van der Waals surface area contributed by atoms with Gasteiger partial charge in [0.15, 0.2) is 5.96 Å². The van der Waals surface area contributed by atoms with E-state index in [1.54, 1.807) is 13.1 Å². The summed E-state index contributed by atoms with van der Waals surface area (Å²) in [7, 11) is -1.39. The lowest BCUT2D eigenvalue weighted by molar-refractivity contribution is 0.445. The molecule has 1 saturated heterocycles. The Morgan fingerprint density at radius 3 is 2.88 bits per heavy atom. The quantitative estimate of drug-likeness (QED) is 0.515. The van der Waals surface area contributed by atoms with E-state index in [9.17, 15) is 12.8 Å². The zero-order valence-electron chi connectivity index (χ0n) is 14.8. The first-order valence-corrected chi connectivity index (χ1v) is 10.3. The van der Waals surface area contributed by atoms with Crippen LogP contribution in [0.3, 0.4) is 0 Å². The number of halogens is 1. The van der Waals surface area contributed by atoms with Crippen LogP contribution in [0.4, 0.5) is 4.39 Å². The van der Waals surface area contributed by atoms with Gasteiger partial charge in [-0.25, -0.2) is 17.1 Å². The van der Waals surface area contributed by atoms with Crippen molar-refractivity contribution in [1.29, 1.82) is 0 Å². The maximum Gasteiger partial charge on any atom is 0.214 e. The van der Waals surface area contributed by atoms with Crippen LogP contribution in [0, 0.1) is 5.82 Å². The first kappa shape index (κ1) is 18.7. The molecule has 1 aromatic carbocycles. The van der Waals surface area contributed by atoms with Crippen LogP contribution in [0.25, 0.3) is 10.9 Å². The van der Waals surface area contributed by atoms with Crippen molar-refractivity contribution in [2.24, 2.45) is 4.99 Å². The standard InChI is InChI=1S/C17H24FN5O2S/c1-19-17(21-7-9-23-8-2-10-26(23,24)25)20-6-5-13-12-22-16-4-3-14(18)11-15(13)16/h3-4,11-12,22H,2,5-10H2,1H3,(H2,19,20,21). The normalized spacial score (nSPS) is 17.7. The molecule has 7 nitrogen and oxygen atoms in total. The van der Waals surface area contributed by atoms with Crippen molar-refractivity contribution >= 4 is 26.9 Å². The van der Waals surface area contributed by atoms with Crippen LogP contribution in [-0.4, -0.2) is 62.6 Å². The van der Waals surface area contributed by atoms with Gasteiger partial charge >= 0.3 is 0 Å². The summed E-state index contributed by atoms with van der Waals surface area (Å²) in [6.07, 6.45) is 3.30. The fourth-order valence-corrected chi connectivity index (χ4v) is 4.66. The summed E-state index contributed by atoms with van der Waals surface area (Å²) in [5.41, 5.74) is 1.95. The Morgan fingerprint density at radius 2 is 2.15 bits per heavy atom. The second-order valence-electron chi connectivity index (χ2n) is 6.25. The van der Waals surface area contributed by atoms with E-state index in [4.69, 9.17) is 0 Å². The molecule has 0 atom stereocenters. The summed E-state index contributed by atoms with van der Waals surface area (Å²) >= 11 is 0. The van der Waals surface area contributed by atoms with Crippen LogP contribution in [0.2, 0.25) is 0 Å². The number of sulfonamides is 1. The number of rotatable bonds is 6. The van der Waals surface area contributed by atoms with Gasteiger partial charge in [0, 0.05) is 50.3 Å². The van der Waals surface area contributed by atoms with Gasteiger partial charge in [-0.05, 0) is 36.6 Å². The Labute approximate surface area is 152 Å². The molecule has 0 unspecified atom stereocenters. The van der Waals surface area contributed by atoms with E-state index < -0.39 is 10.0 Å². The van der Waals surface area contributed by atoms with Gasteiger partial charge in [0.2, 0.25) is 10.0 Å². The molecule has 26 heavy (non-hydrogen) atoms. The number of guanidine groups is 1. The molecule has 2 heterocycles. The number of aromatic nitrogens is 1. The zero-order valence-corrected chi connectivity index (χ0v) is 15.6. The zero-order chi connectivity index (χ0) is 18.6. The molecule has 0 radical (unpaired) electrons. The molecule has 0 saturated carbocycles. The average Bonchev–Trinajstić information content (AvgIpc) is 3.16. The first-order chi connectivity index (χ1) is 12.5. The second kappa shape index (κ2) is 8.05. The van der Waals surface area contributed by atoms with Crippen molar-refractivity contribution in [2.75, 3.05) is 39.0 Å². The minimum atomic E-state index is -3.06. The molecule has 2 aromatic rings. The van der Waals surface area contributed by atoms with E-state index in [0.29, 0.717) is 45.0 Å². The van der Waals surface area contributed by atoms with Gasteiger partial charge in [0.05, 0.1) is 5.75 Å². The molecule has 0 aliphatic carbocycles. The van der Waals surface area contributed by atoms with E-state index in [1.165, 1.54) is 16.4 Å². The van der Waals surface area contributed by atoms with Gasteiger partial charge < -0.3 is 15.6 Å². The lowest BCUT2D eigenvalue weighted by Gasteiger charge is -2.16. The highest BCUT2D eigenvalue weighted by molar-refractivity contribution is 7.89.